The first-order chi connectivity index (χ1) is 30.3. The minimum atomic E-state index is -0.219. The van der Waals surface area contributed by atoms with Gasteiger partial charge in [-0.25, -0.2) is 0 Å². The number of rotatable bonds is 6. The van der Waals surface area contributed by atoms with Crippen molar-refractivity contribution in [2.24, 2.45) is 0 Å². The van der Waals surface area contributed by atoms with Gasteiger partial charge in [0.25, 0.3) is 0 Å². The van der Waals surface area contributed by atoms with Crippen molar-refractivity contribution in [2.45, 2.75) is 44.4 Å². The fourth-order valence-corrected chi connectivity index (χ4v) is 11.3. The first kappa shape index (κ1) is 36.6. The second-order valence-electron chi connectivity index (χ2n) is 18.3. The second kappa shape index (κ2) is 13.6. The summed E-state index contributed by atoms with van der Waals surface area (Å²) in [7, 11) is 0. The Morgan fingerprint density at radius 3 is 1.74 bits per heavy atom. The predicted molar refractivity (Wildman–Crippen MR) is 259 cm³/mol. The third kappa shape index (κ3) is 5.34. The lowest BCUT2D eigenvalue weighted by Gasteiger charge is -2.27. The number of hydrogen-bond donors (Lipinski definition) is 0. The highest BCUT2D eigenvalue weighted by atomic mass is 16.3. The highest BCUT2D eigenvalue weighted by molar-refractivity contribution is 6.11. The van der Waals surface area contributed by atoms with Gasteiger partial charge in [0.05, 0.1) is 0 Å². The molecular formula is C61H46O. The molecule has 1 atom stereocenters. The number of benzene rings is 9. The van der Waals surface area contributed by atoms with E-state index in [2.05, 4.69) is 228 Å². The van der Waals surface area contributed by atoms with Crippen molar-refractivity contribution in [1.82, 2.24) is 0 Å². The molecule has 9 aromatic carbocycles. The summed E-state index contributed by atoms with van der Waals surface area (Å²) < 4.78 is 6.65. The molecule has 1 unspecified atom stereocenters. The molecule has 2 aliphatic rings. The van der Waals surface area contributed by atoms with Crippen molar-refractivity contribution in [2.75, 3.05) is 0 Å². The molecule has 2 aliphatic carbocycles. The predicted octanol–water partition coefficient (Wildman–Crippen LogP) is 16.4. The Balaban J connectivity index is 1.03. The van der Waals surface area contributed by atoms with E-state index in [4.69, 9.17) is 4.42 Å². The van der Waals surface area contributed by atoms with E-state index >= 15 is 0 Å². The van der Waals surface area contributed by atoms with Crippen molar-refractivity contribution < 1.29 is 4.42 Å². The molecule has 1 heterocycles. The van der Waals surface area contributed by atoms with E-state index in [1.54, 1.807) is 0 Å². The fraction of sp³-hybridized carbons (Fsp3) is 0.115. The van der Waals surface area contributed by atoms with Crippen molar-refractivity contribution in [3.05, 3.63) is 239 Å². The monoisotopic (exact) mass is 794 g/mol. The summed E-state index contributed by atoms with van der Waals surface area (Å²) in [5.74, 6) is 0.0170. The molecule has 0 spiro atoms. The summed E-state index contributed by atoms with van der Waals surface area (Å²) in [4.78, 5) is 0. The number of furan rings is 1. The summed E-state index contributed by atoms with van der Waals surface area (Å²) >= 11 is 0. The van der Waals surface area contributed by atoms with Crippen molar-refractivity contribution in [1.29, 1.82) is 0 Å². The van der Waals surface area contributed by atoms with Crippen LogP contribution >= 0.6 is 0 Å². The van der Waals surface area contributed by atoms with Crippen LogP contribution in [0.3, 0.4) is 0 Å². The Morgan fingerprint density at radius 1 is 0.371 bits per heavy atom. The van der Waals surface area contributed by atoms with E-state index in [9.17, 15) is 0 Å². The molecule has 296 valence electrons. The zero-order chi connectivity index (χ0) is 41.7. The molecule has 0 fully saturated rings. The second-order valence-corrected chi connectivity index (χ2v) is 18.3. The molecule has 10 aromatic rings. The van der Waals surface area contributed by atoms with Gasteiger partial charge in [-0.05, 0) is 95.1 Å². The lowest BCUT2D eigenvalue weighted by Crippen LogP contribution is -2.16. The Labute approximate surface area is 364 Å². The lowest BCUT2D eigenvalue weighted by atomic mass is 9.76. The van der Waals surface area contributed by atoms with Crippen molar-refractivity contribution >= 4 is 21.9 Å². The minimum absolute atomic E-state index is 0.0170. The normalized spacial score (nSPS) is 14.6. The average Bonchev–Trinajstić information content (AvgIpc) is 3.90. The maximum absolute atomic E-state index is 6.65. The van der Waals surface area contributed by atoms with Crippen LogP contribution in [0, 0.1) is 0 Å². The zero-order valence-electron chi connectivity index (χ0n) is 35.5. The molecule has 0 radical (unpaired) electrons. The van der Waals surface area contributed by atoms with E-state index in [0.717, 1.165) is 27.5 Å². The zero-order valence-corrected chi connectivity index (χ0v) is 35.5. The third-order valence-electron chi connectivity index (χ3n) is 14.2. The largest absolute Gasteiger partial charge is 0.455 e. The van der Waals surface area contributed by atoms with Gasteiger partial charge in [-0.2, -0.15) is 0 Å². The van der Waals surface area contributed by atoms with Gasteiger partial charge in [0.15, 0.2) is 0 Å². The van der Waals surface area contributed by atoms with Gasteiger partial charge in [0.1, 0.15) is 11.2 Å². The molecule has 0 saturated carbocycles. The number of hydrogen-bond acceptors (Lipinski definition) is 1. The third-order valence-corrected chi connectivity index (χ3v) is 14.2. The average molecular weight is 795 g/mol. The molecule has 0 saturated heterocycles. The Kier molecular flexibility index (Phi) is 8.06. The van der Waals surface area contributed by atoms with E-state index in [-0.39, 0.29) is 16.7 Å². The standard InChI is InChI=1S/C61H46O/c1-60(2)52-26-13-10-20-44(52)45-34-33-41(37-54(45)60)56(47-22-9-8-19-42(47)38-17-6-5-7-18-38)40-31-29-39(30-32-40)43-35-36-48(57-51-23-11-14-27-53(51)61(3,4)58(43)57)50-25-16-24-49-46-21-12-15-28-55(46)62-59(49)50/h5-37,56H,1-4H3. The van der Waals surface area contributed by atoms with E-state index in [0.29, 0.717) is 0 Å². The molecule has 0 aliphatic heterocycles. The summed E-state index contributed by atoms with van der Waals surface area (Å²) in [6.45, 7) is 9.55. The SMILES string of the molecule is CC1(C)c2ccccc2-c2ccc(C(c3ccc(-c4ccc(-c5cccc6c5oc5ccccc56)c5c4C(C)(C)c4ccccc4-5)cc3)c3ccccc3-c3ccccc3)cc21. The first-order valence-electron chi connectivity index (χ1n) is 22.0. The molecule has 1 nitrogen and oxygen atoms in total. The van der Waals surface area contributed by atoms with Gasteiger partial charge in [0.2, 0.25) is 0 Å². The molecule has 62 heavy (non-hydrogen) atoms. The van der Waals surface area contributed by atoms with Crippen LogP contribution in [-0.4, -0.2) is 0 Å². The molecule has 1 aromatic heterocycles. The van der Waals surface area contributed by atoms with Gasteiger partial charge in [-0.3, -0.25) is 0 Å². The first-order valence-corrected chi connectivity index (χ1v) is 22.0. The van der Waals surface area contributed by atoms with Crippen LogP contribution in [0.15, 0.2) is 205 Å². The van der Waals surface area contributed by atoms with E-state index in [1.165, 1.54) is 89.0 Å². The minimum Gasteiger partial charge on any atom is -0.455 e. The smallest absolute Gasteiger partial charge is 0.143 e. The van der Waals surface area contributed by atoms with E-state index in [1.807, 2.05) is 0 Å². The Hall–Kier alpha value is -7.22. The topological polar surface area (TPSA) is 13.1 Å². The van der Waals surface area contributed by atoms with Crippen LogP contribution in [0.25, 0.3) is 77.6 Å². The molecule has 0 bridgehead atoms. The van der Waals surface area contributed by atoms with E-state index < -0.39 is 0 Å². The van der Waals surface area contributed by atoms with Gasteiger partial charge < -0.3 is 4.42 Å². The maximum Gasteiger partial charge on any atom is 0.143 e. The molecule has 0 N–H and O–H groups in total. The van der Waals surface area contributed by atoms with Crippen LogP contribution in [0.1, 0.15) is 72.6 Å². The van der Waals surface area contributed by atoms with Crippen molar-refractivity contribution in [3.63, 3.8) is 0 Å². The van der Waals surface area contributed by atoms with Gasteiger partial charge >= 0.3 is 0 Å². The summed E-state index contributed by atoms with van der Waals surface area (Å²) in [6, 6.07) is 74.2. The van der Waals surface area contributed by atoms with Crippen LogP contribution in [0.5, 0.6) is 0 Å². The summed E-state index contributed by atoms with van der Waals surface area (Å²) in [6.07, 6.45) is 0. The fourth-order valence-electron chi connectivity index (χ4n) is 11.3. The molecule has 1 heteroatoms. The van der Waals surface area contributed by atoms with Gasteiger partial charge in [-0.1, -0.05) is 222 Å². The Bertz CT molecular complexity index is 3400. The highest BCUT2D eigenvalue weighted by Gasteiger charge is 2.40. The van der Waals surface area contributed by atoms with Crippen LogP contribution in [0.4, 0.5) is 0 Å². The molecule has 0 amide bonds. The van der Waals surface area contributed by atoms with Gasteiger partial charge in [-0.15, -0.1) is 0 Å². The quantitative estimate of drug-likeness (QED) is 0.153. The maximum atomic E-state index is 6.65. The lowest BCUT2D eigenvalue weighted by molar-refractivity contribution is 0.659. The number of fused-ring (bicyclic) bond motifs is 9. The number of para-hydroxylation sites is 2. The Morgan fingerprint density at radius 2 is 0.935 bits per heavy atom. The molecular weight excluding hydrogens is 749 g/mol. The molecule has 12 rings (SSSR count). The van der Waals surface area contributed by atoms with Crippen molar-refractivity contribution in [3.8, 4) is 55.6 Å². The summed E-state index contributed by atoms with van der Waals surface area (Å²) in [5, 5.41) is 2.30. The highest BCUT2D eigenvalue weighted by Crippen LogP contribution is 2.56. The van der Waals surface area contributed by atoms with Crippen LogP contribution in [-0.2, 0) is 10.8 Å². The van der Waals surface area contributed by atoms with Crippen LogP contribution in [0.2, 0.25) is 0 Å². The summed E-state index contributed by atoms with van der Waals surface area (Å²) in [5.41, 5.74) is 23.6. The van der Waals surface area contributed by atoms with Crippen LogP contribution < -0.4 is 0 Å². The van der Waals surface area contributed by atoms with Gasteiger partial charge in [0, 0.05) is 33.1 Å².